The Bertz CT molecular complexity index is 1430. The molecule has 178 valence electrons. The van der Waals surface area contributed by atoms with Crippen LogP contribution in [0.5, 0.6) is 11.5 Å². The molecule has 34 heavy (non-hydrogen) atoms. The Balaban J connectivity index is 1.16. The number of aliphatic hydroxyl groups is 1. The van der Waals surface area contributed by atoms with Crippen molar-refractivity contribution in [3.05, 3.63) is 66.2 Å². The number of anilines is 1. The fraction of sp³-hybridized carbons (Fsp3) is 0.280. The van der Waals surface area contributed by atoms with E-state index in [4.69, 9.17) is 9.47 Å². The molecule has 4 aromatic rings. The summed E-state index contributed by atoms with van der Waals surface area (Å²) in [5.74, 6) is 1.32. The van der Waals surface area contributed by atoms with E-state index >= 15 is 0 Å². The van der Waals surface area contributed by atoms with E-state index in [0.29, 0.717) is 43.3 Å². The number of nitrogens with zero attached hydrogens (tertiary/aromatic N) is 1. The van der Waals surface area contributed by atoms with E-state index in [-0.39, 0.29) is 6.54 Å². The van der Waals surface area contributed by atoms with Gasteiger partial charge in [-0.3, -0.25) is 4.31 Å². The first-order chi connectivity index (χ1) is 16.4. The van der Waals surface area contributed by atoms with E-state index in [1.165, 1.54) is 30.7 Å². The van der Waals surface area contributed by atoms with E-state index < -0.39 is 16.1 Å². The molecule has 1 atom stereocenters. The molecule has 1 aliphatic heterocycles. The smallest absolute Gasteiger partial charge is 0.232 e. The molecule has 3 aromatic carbocycles. The Kier molecular flexibility index (Phi) is 6.35. The minimum atomic E-state index is -3.41. The first kappa shape index (κ1) is 22.9. The Morgan fingerprint density at radius 1 is 1.12 bits per heavy atom. The molecule has 0 unspecified atom stereocenters. The van der Waals surface area contributed by atoms with Crippen molar-refractivity contribution in [3.63, 3.8) is 0 Å². The number of aliphatic hydroxyl groups excluding tert-OH is 1. The molecule has 0 bridgehead atoms. The summed E-state index contributed by atoms with van der Waals surface area (Å²) < 4.78 is 39.4. The molecule has 0 spiro atoms. The zero-order valence-corrected chi connectivity index (χ0v) is 20.4. The largest absolute Gasteiger partial charge is 0.492 e. The maximum atomic E-state index is 12.1. The van der Waals surface area contributed by atoms with Crippen molar-refractivity contribution in [2.24, 2.45) is 0 Å². The standard InChI is InChI=1S/C25H26N2O5S2/c1-34(29,30)27-11-13-32-23-9-6-17(14-21(23)27)22(28)16-26-10-12-31-18-7-8-20-19-4-2-3-5-24(19)33-25(20)15-18/h2-9,14-15,22,26,28H,10-13,16H2,1H3/t22-/m0/s1. The molecule has 7 nitrogen and oxygen atoms in total. The summed E-state index contributed by atoms with van der Waals surface area (Å²) in [5.41, 5.74) is 1.09. The van der Waals surface area contributed by atoms with Crippen LogP contribution in [0.1, 0.15) is 11.7 Å². The van der Waals surface area contributed by atoms with Crippen LogP contribution in [0, 0.1) is 0 Å². The molecule has 0 fully saturated rings. The minimum absolute atomic E-state index is 0.258. The van der Waals surface area contributed by atoms with E-state index in [1.54, 1.807) is 29.5 Å². The van der Waals surface area contributed by atoms with Crippen molar-refractivity contribution in [2.75, 3.05) is 43.4 Å². The van der Waals surface area contributed by atoms with Gasteiger partial charge in [0.05, 0.1) is 24.6 Å². The number of rotatable bonds is 8. The van der Waals surface area contributed by atoms with Gasteiger partial charge in [0.25, 0.3) is 0 Å². The summed E-state index contributed by atoms with van der Waals surface area (Å²) in [6.45, 7) is 1.90. The van der Waals surface area contributed by atoms with Crippen LogP contribution in [-0.2, 0) is 10.0 Å². The Hall–Kier alpha value is -2.85. The summed E-state index contributed by atoms with van der Waals surface area (Å²) in [7, 11) is -3.41. The van der Waals surface area contributed by atoms with E-state index in [9.17, 15) is 13.5 Å². The zero-order valence-electron chi connectivity index (χ0n) is 18.7. The number of hydrogen-bond donors (Lipinski definition) is 2. The summed E-state index contributed by atoms with van der Waals surface area (Å²) in [6.07, 6.45) is 0.384. The molecule has 1 aromatic heterocycles. The Labute approximate surface area is 202 Å². The Morgan fingerprint density at radius 2 is 1.94 bits per heavy atom. The van der Waals surface area contributed by atoms with Crippen molar-refractivity contribution in [1.82, 2.24) is 5.32 Å². The molecule has 2 N–H and O–H groups in total. The van der Waals surface area contributed by atoms with Gasteiger partial charge in [0.1, 0.15) is 24.7 Å². The van der Waals surface area contributed by atoms with Crippen LogP contribution in [0.3, 0.4) is 0 Å². The van der Waals surface area contributed by atoms with Crippen LogP contribution in [0.25, 0.3) is 20.2 Å². The van der Waals surface area contributed by atoms with Crippen LogP contribution in [0.15, 0.2) is 60.7 Å². The van der Waals surface area contributed by atoms with Crippen LogP contribution in [0.2, 0.25) is 0 Å². The lowest BCUT2D eigenvalue weighted by molar-refractivity contribution is 0.172. The predicted octanol–water partition coefficient (Wildman–Crippen LogP) is 3.91. The van der Waals surface area contributed by atoms with Gasteiger partial charge in [-0.15, -0.1) is 11.3 Å². The van der Waals surface area contributed by atoms with Gasteiger partial charge in [-0.1, -0.05) is 24.3 Å². The first-order valence-electron chi connectivity index (χ1n) is 11.1. The molecular formula is C25H26N2O5S2. The highest BCUT2D eigenvalue weighted by molar-refractivity contribution is 7.92. The number of sulfonamides is 1. The second kappa shape index (κ2) is 9.42. The molecule has 2 heterocycles. The highest BCUT2D eigenvalue weighted by atomic mass is 32.2. The molecular weight excluding hydrogens is 472 g/mol. The third-order valence-electron chi connectivity index (χ3n) is 5.82. The Morgan fingerprint density at radius 3 is 2.79 bits per heavy atom. The highest BCUT2D eigenvalue weighted by Gasteiger charge is 2.26. The number of hydrogen-bond acceptors (Lipinski definition) is 7. The van der Waals surface area contributed by atoms with Gasteiger partial charge in [0.15, 0.2) is 0 Å². The minimum Gasteiger partial charge on any atom is -0.492 e. The van der Waals surface area contributed by atoms with Gasteiger partial charge in [-0.2, -0.15) is 0 Å². The maximum absolute atomic E-state index is 12.1. The van der Waals surface area contributed by atoms with Gasteiger partial charge >= 0.3 is 0 Å². The zero-order chi connectivity index (χ0) is 23.7. The van der Waals surface area contributed by atoms with Gasteiger partial charge < -0.3 is 19.9 Å². The number of ether oxygens (including phenoxy) is 2. The van der Waals surface area contributed by atoms with Crippen molar-refractivity contribution >= 4 is 47.2 Å². The molecule has 0 saturated heterocycles. The lowest BCUT2D eigenvalue weighted by Gasteiger charge is -2.30. The third-order valence-corrected chi connectivity index (χ3v) is 8.14. The molecule has 5 rings (SSSR count). The van der Waals surface area contributed by atoms with E-state index in [0.717, 1.165) is 5.75 Å². The van der Waals surface area contributed by atoms with E-state index in [2.05, 4.69) is 41.7 Å². The highest BCUT2D eigenvalue weighted by Crippen LogP contribution is 2.36. The number of thiophene rings is 1. The second-order valence-electron chi connectivity index (χ2n) is 8.24. The monoisotopic (exact) mass is 498 g/mol. The average Bonchev–Trinajstić information content (AvgIpc) is 3.20. The average molecular weight is 499 g/mol. The van der Waals surface area contributed by atoms with Crippen molar-refractivity contribution < 1.29 is 23.0 Å². The fourth-order valence-electron chi connectivity index (χ4n) is 4.16. The molecule has 0 radical (unpaired) electrons. The lowest BCUT2D eigenvalue weighted by atomic mass is 10.1. The second-order valence-corrected chi connectivity index (χ2v) is 11.2. The van der Waals surface area contributed by atoms with Crippen LogP contribution < -0.4 is 19.1 Å². The number of nitrogens with one attached hydrogen (secondary N) is 1. The van der Waals surface area contributed by atoms with Crippen molar-refractivity contribution in [3.8, 4) is 11.5 Å². The fourth-order valence-corrected chi connectivity index (χ4v) is 6.20. The molecule has 0 amide bonds. The van der Waals surface area contributed by atoms with Gasteiger partial charge in [0.2, 0.25) is 10.0 Å². The first-order valence-corrected chi connectivity index (χ1v) is 13.7. The van der Waals surface area contributed by atoms with E-state index in [1.807, 2.05) is 6.07 Å². The quantitative estimate of drug-likeness (QED) is 0.358. The summed E-state index contributed by atoms with van der Waals surface area (Å²) in [4.78, 5) is 0. The number of fused-ring (bicyclic) bond motifs is 4. The molecule has 0 saturated carbocycles. The summed E-state index contributed by atoms with van der Waals surface area (Å²) >= 11 is 1.75. The van der Waals surface area contributed by atoms with Crippen LogP contribution >= 0.6 is 11.3 Å². The van der Waals surface area contributed by atoms with Crippen molar-refractivity contribution in [1.29, 1.82) is 0 Å². The van der Waals surface area contributed by atoms with Gasteiger partial charge in [-0.25, -0.2) is 8.42 Å². The SMILES string of the molecule is CS(=O)(=O)N1CCOc2ccc([C@@H](O)CNCCOc3ccc4c(c3)sc3ccccc34)cc21. The normalized spacial score (nSPS) is 14.7. The molecule has 0 aliphatic carbocycles. The van der Waals surface area contributed by atoms with Crippen LogP contribution in [0.4, 0.5) is 5.69 Å². The third kappa shape index (κ3) is 4.69. The molecule has 1 aliphatic rings. The number of benzene rings is 3. The summed E-state index contributed by atoms with van der Waals surface area (Å²) in [6, 6.07) is 19.7. The maximum Gasteiger partial charge on any atom is 0.232 e. The lowest BCUT2D eigenvalue weighted by Crippen LogP contribution is -2.37. The van der Waals surface area contributed by atoms with Gasteiger partial charge in [-0.05, 0) is 42.0 Å². The molecule has 9 heteroatoms. The van der Waals surface area contributed by atoms with Crippen molar-refractivity contribution in [2.45, 2.75) is 6.10 Å². The topological polar surface area (TPSA) is 88.1 Å². The van der Waals surface area contributed by atoms with Crippen LogP contribution in [-0.4, -0.2) is 52.6 Å². The summed E-state index contributed by atoms with van der Waals surface area (Å²) in [5, 5.41) is 16.3. The predicted molar refractivity (Wildman–Crippen MR) is 137 cm³/mol. The van der Waals surface area contributed by atoms with Gasteiger partial charge in [0, 0.05) is 33.3 Å².